The number of carbonyl (C=O) groups excluding carboxylic acids is 1. The van der Waals surface area contributed by atoms with Gasteiger partial charge in [0.2, 0.25) is 5.91 Å². The molecule has 0 aliphatic heterocycles. The summed E-state index contributed by atoms with van der Waals surface area (Å²) < 4.78 is 0. The topological polar surface area (TPSA) is 29.1 Å². The summed E-state index contributed by atoms with van der Waals surface area (Å²) in [7, 11) is 0. The summed E-state index contributed by atoms with van der Waals surface area (Å²) in [5.74, 6) is 1.85. The van der Waals surface area contributed by atoms with Gasteiger partial charge in [-0.3, -0.25) is 4.79 Å². The predicted octanol–water partition coefficient (Wildman–Crippen LogP) is 4.68. The smallest absolute Gasteiger partial charge is 0.220 e. The van der Waals surface area contributed by atoms with Crippen molar-refractivity contribution in [2.75, 3.05) is 0 Å². The van der Waals surface area contributed by atoms with E-state index < -0.39 is 0 Å². The lowest BCUT2D eigenvalue weighted by molar-refractivity contribution is -0.122. The largest absolute Gasteiger partial charge is 0.353 e. The Kier molecular flexibility index (Phi) is 5.51. The van der Waals surface area contributed by atoms with Crippen LogP contribution in [-0.2, 0) is 4.79 Å². The van der Waals surface area contributed by atoms with Crippen LogP contribution in [-0.4, -0.2) is 11.9 Å². The summed E-state index contributed by atoms with van der Waals surface area (Å²) in [6.45, 7) is 7.00. The van der Waals surface area contributed by atoms with Crippen LogP contribution >= 0.6 is 0 Å². The molecule has 0 unspecified atom stereocenters. The SMILES string of the molecule is C[C@@H]1C[C@H](NC(=O)CCC2CCCCC2)CC(C)(C)C1. The van der Waals surface area contributed by atoms with E-state index in [-0.39, 0.29) is 0 Å². The molecule has 0 aromatic rings. The van der Waals surface area contributed by atoms with Crippen LogP contribution < -0.4 is 5.32 Å². The normalized spacial score (nSPS) is 30.9. The Balaban J connectivity index is 1.70. The fraction of sp³-hybridized carbons (Fsp3) is 0.944. The first kappa shape index (κ1) is 15.9. The first-order chi connectivity index (χ1) is 9.44. The lowest BCUT2D eigenvalue weighted by Crippen LogP contribution is -2.43. The standard InChI is InChI=1S/C18H33NO/c1-14-11-16(13-18(2,3)12-14)19-17(20)10-9-15-7-5-4-6-8-15/h14-16H,4-13H2,1-3H3,(H,19,20)/t14-,16+/m1/s1. The molecule has 2 aliphatic carbocycles. The van der Waals surface area contributed by atoms with Crippen LogP contribution in [0, 0.1) is 17.3 Å². The molecule has 0 heterocycles. The fourth-order valence-corrected chi connectivity index (χ4v) is 4.57. The number of hydrogen-bond acceptors (Lipinski definition) is 1. The molecule has 0 aromatic heterocycles. The molecule has 2 rings (SSSR count). The Morgan fingerprint density at radius 3 is 2.50 bits per heavy atom. The fourth-order valence-electron chi connectivity index (χ4n) is 4.57. The van der Waals surface area contributed by atoms with Gasteiger partial charge < -0.3 is 5.32 Å². The number of carbonyl (C=O) groups is 1. The van der Waals surface area contributed by atoms with Gasteiger partial charge in [0.25, 0.3) is 0 Å². The van der Waals surface area contributed by atoms with Crippen molar-refractivity contribution in [2.45, 2.75) is 91.0 Å². The van der Waals surface area contributed by atoms with Gasteiger partial charge in [0.05, 0.1) is 0 Å². The first-order valence-electron chi connectivity index (χ1n) is 8.74. The van der Waals surface area contributed by atoms with E-state index >= 15 is 0 Å². The molecule has 0 aromatic carbocycles. The maximum atomic E-state index is 12.2. The van der Waals surface area contributed by atoms with Crippen LogP contribution in [0.4, 0.5) is 0 Å². The summed E-state index contributed by atoms with van der Waals surface area (Å²) in [5, 5.41) is 3.31. The summed E-state index contributed by atoms with van der Waals surface area (Å²) in [4.78, 5) is 12.2. The third-order valence-corrected chi connectivity index (χ3v) is 5.26. The van der Waals surface area contributed by atoms with Crippen molar-refractivity contribution < 1.29 is 4.79 Å². The molecule has 2 aliphatic rings. The van der Waals surface area contributed by atoms with Crippen molar-refractivity contribution in [1.82, 2.24) is 5.32 Å². The van der Waals surface area contributed by atoms with Gasteiger partial charge in [-0.15, -0.1) is 0 Å². The Labute approximate surface area is 125 Å². The highest BCUT2D eigenvalue weighted by Gasteiger charge is 2.32. The molecule has 0 radical (unpaired) electrons. The molecule has 20 heavy (non-hydrogen) atoms. The van der Waals surface area contributed by atoms with E-state index in [0.717, 1.165) is 31.1 Å². The van der Waals surface area contributed by atoms with Crippen molar-refractivity contribution in [3.8, 4) is 0 Å². The van der Waals surface area contributed by atoms with E-state index in [0.29, 0.717) is 17.4 Å². The quantitative estimate of drug-likeness (QED) is 0.795. The summed E-state index contributed by atoms with van der Waals surface area (Å²) in [5.41, 5.74) is 0.388. The zero-order valence-electron chi connectivity index (χ0n) is 13.7. The molecule has 1 amide bonds. The number of rotatable bonds is 4. The maximum absolute atomic E-state index is 12.2. The second-order valence-corrected chi connectivity index (χ2v) is 8.22. The van der Waals surface area contributed by atoms with Gasteiger partial charge in [0.1, 0.15) is 0 Å². The van der Waals surface area contributed by atoms with Gasteiger partial charge in [-0.25, -0.2) is 0 Å². The monoisotopic (exact) mass is 279 g/mol. The molecular weight excluding hydrogens is 246 g/mol. The van der Waals surface area contributed by atoms with E-state index in [1.54, 1.807) is 0 Å². The molecule has 2 atom stereocenters. The van der Waals surface area contributed by atoms with E-state index in [2.05, 4.69) is 26.1 Å². The molecule has 0 bridgehead atoms. The molecule has 1 N–H and O–H groups in total. The summed E-state index contributed by atoms with van der Waals surface area (Å²) in [6.07, 6.45) is 12.3. The van der Waals surface area contributed by atoms with Gasteiger partial charge in [-0.2, -0.15) is 0 Å². The molecule has 116 valence electrons. The molecule has 2 saturated carbocycles. The highest BCUT2D eigenvalue weighted by molar-refractivity contribution is 5.76. The van der Waals surface area contributed by atoms with Crippen LogP contribution in [0.5, 0.6) is 0 Å². The zero-order valence-corrected chi connectivity index (χ0v) is 13.7. The van der Waals surface area contributed by atoms with Crippen LogP contribution in [0.2, 0.25) is 0 Å². The predicted molar refractivity (Wildman–Crippen MR) is 84.5 cm³/mol. The highest BCUT2D eigenvalue weighted by Crippen LogP contribution is 2.38. The minimum atomic E-state index is 0.297. The van der Waals surface area contributed by atoms with Gasteiger partial charge in [-0.1, -0.05) is 52.9 Å². The van der Waals surface area contributed by atoms with Crippen LogP contribution in [0.1, 0.15) is 85.0 Å². The van der Waals surface area contributed by atoms with E-state index in [9.17, 15) is 4.79 Å². The van der Waals surface area contributed by atoms with Crippen LogP contribution in [0.15, 0.2) is 0 Å². The van der Waals surface area contributed by atoms with E-state index in [4.69, 9.17) is 0 Å². The minimum Gasteiger partial charge on any atom is -0.353 e. The second kappa shape index (κ2) is 6.95. The van der Waals surface area contributed by atoms with E-state index in [1.807, 2.05) is 0 Å². The van der Waals surface area contributed by atoms with Crippen LogP contribution in [0.3, 0.4) is 0 Å². The van der Waals surface area contributed by atoms with Gasteiger partial charge in [0, 0.05) is 12.5 Å². The van der Waals surface area contributed by atoms with Gasteiger partial charge in [-0.05, 0) is 42.9 Å². The Hall–Kier alpha value is -0.530. The average Bonchev–Trinajstić information content (AvgIpc) is 2.35. The van der Waals surface area contributed by atoms with Gasteiger partial charge >= 0.3 is 0 Å². The van der Waals surface area contributed by atoms with Crippen molar-refractivity contribution in [1.29, 1.82) is 0 Å². The average molecular weight is 279 g/mol. The maximum Gasteiger partial charge on any atom is 0.220 e. The Morgan fingerprint density at radius 1 is 1.15 bits per heavy atom. The Bertz CT molecular complexity index is 317. The number of nitrogens with one attached hydrogen (secondary N) is 1. The van der Waals surface area contributed by atoms with Crippen molar-refractivity contribution in [2.24, 2.45) is 17.3 Å². The molecule has 0 saturated heterocycles. The second-order valence-electron chi connectivity index (χ2n) is 8.22. The molecule has 2 heteroatoms. The third-order valence-electron chi connectivity index (χ3n) is 5.26. The molecule has 2 fully saturated rings. The zero-order chi connectivity index (χ0) is 14.6. The lowest BCUT2D eigenvalue weighted by atomic mass is 9.70. The van der Waals surface area contributed by atoms with E-state index in [1.165, 1.54) is 44.9 Å². The third kappa shape index (κ3) is 5.10. The first-order valence-corrected chi connectivity index (χ1v) is 8.74. The molecule has 2 nitrogen and oxygen atoms in total. The van der Waals surface area contributed by atoms with Crippen molar-refractivity contribution in [3.63, 3.8) is 0 Å². The Morgan fingerprint density at radius 2 is 1.85 bits per heavy atom. The summed E-state index contributed by atoms with van der Waals surface area (Å²) in [6, 6.07) is 0.410. The van der Waals surface area contributed by atoms with Gasteiger partial charge in [0.15, 0.2) is 0 Å². The minimum absolute atomic E-state index is 0.297. The lowest BCUT2D eigenvalue weighted by Gasteiger charge is -2.39. The van der Waals surface area contributed by atoms with Crippen LogP contribution in [0.25, 0.3) is 0 Å². The van der Waals surface area contributed by atoms with Crippen molar-refractivity contribution in [3.05, 3.63) is 0 Å². The number of hydrogen-bond donors (Lipinski definition) is 1. The molecular formula is C18H33NO. The van der Waals surface area contributed by atoms with Crippen molar-refractivity contribution >= 4 is 5.91 Å². The highest BCUT2D eigenvalue weighted by atomic mass is 16.1. The molecule has 0 spiro atoms. The summed E-state index contributed by atoms with van der Waals surface area (Å²) >= 11 is 0. The number of amides is 1.